The predicted octanol–water partition coefficient (Wildman–Crippen LogP) is 0.785. The molecule has 0 aliphatic rings. The van der Waals surface area contributed by atoms with Crippen LogP contribution >= 0.6 is 0 Å². The molecule has 4 nitrogen and oxygen atoms in total. The third-order valence-corrected chi connectivity index (χ3v) is 2.74. The number of hydrogen-bond acceptors (Lipinski definition) is 3. The number of amides is 1. The summed E-state index contributed by atoms with van der Waals surface area (Å²) in [6.07, 6.45) is 2.08. The SMILES string of the molecule is CCC(C)NCC(=O)N(C)CCCN(C)C. The zero-order valence-corrected chi connectivity index (χ0v) is 11.4. The van der Waals surface area contributed by atoms with Crippen molar-refractivity contribution in [3.05, 3.63) is 0 Å². The van der Waals surface area contributed by atoms with Gasteiger partial charge < -0.3 is 15.1 Å². The van der Waals surface area contributed by atoms with Gasteiger partial charge in [0.05, 0.1) is 6.54 Å². The van der Waals surface area contributed by atoms with Crippen LogP contribution in [0.3, 0.4) is 0 Å². The zero-order chi connectivity index (χ0) is 12.6. The van der Waals surface area contributed by atoms with Gasteiger partial charge in [0.2, 0.25) is 5.91 Å². The maximum atomic E-state index is 11.7. The molecule has 0 bridgehead atoms. The van der Waals surface area contributed by atoms with Gasteiger partial charge in [0.1, 0.15) is 0 Å². The first-order valence-electron chi connectivity index (χ1n) is 6.09. The summed E-state index contributed by atoms with van der Waals surface area (Å²) in [6.45, 7) is 6.52. The highest BCUT2D eigenvalue weighted by molar-refractivity contribution is 5.77. The molecule has 1 N–H and O–H groups in total. The van der Waals surface area contributed by atoms with Crippen LogP contribution in [0.2, 0.25) is 0 Å². The van der Waals surface area contributed by atoms with E-state index < -0.39 is 0 Å². The van der Waals surface area contributed by atoms with E-state index in [1.165, 1.54) is 0 Å². The van der Waals surface area contributed by atoms with Crippen LogP contribution in [0, 0.1) is 0 Å². The van der Waals surface area contributed by atoms with Crippen molar-refractivity contribution in [3.63, 3.8) is 0 Å². The van der Waals surface area contributed by atoms with Crippen LogP contribution in [-0.4, -0.2) is 62.5 Å². The zero-order valence-electron chi connectivity index (χ0n) is 11.4. The summed E-state index contributed by atoms with van der Waals surface area (Å²) >= 11 is 0. The van der Waals surface area contributed by atoms with E-state index in [0.29, 0.717) is 12.6 Å². The Balaban J connectivity index is 3.65. The summed E-state index contributed by atoms with van der Waals surface area (Å²) in [5, 5.41) is 3.21. The van der Waals surface area contributed by atoms with Crippen LogP contribution in [0.15, 0.2) is 0 Å². The van der Waals surface area contributed by atoms with Crippen LogP contribution < -0.4 is 5.32 Å². The molecule has 0 aliphatic heterocycles. The number of nitrogens with one attached hydrogen (secondary N) is 1. The van der Waals surface area contributed by atoms with E-state index in [1.807, 2.05) is 21.1 Å². The third-order valence-electron chi connectivity index (χ3n) is 2.74. The van der Waals surface area contributed by atoms with E-state index in [9.17, 15) is 4.79 Å². The number of carbonyl (C=O) groups excluding carboxylic acids is 1. The first-order chi connectivity index (χ1) is 7.47. The predicted molar refractivity (Wildman–Crippen MR) is 68.6 cm³/mol. The minimum atomic E-state index is 0.180. The molecule has 0 saturated heterocycles. The lowest BCUT2D eigenvalue weighted by Gasteiger charge is -2.20. The molecule has 1 amide bonds. The average molecular weight is 229 g/mol. The Morgan fingerprint density at radius 1 is 1.25 bits per heavy atom. The molecular weight excluding hydrogens is 202 g/mol. The van der Waals surface area contributed by atoms with Crippen molar-refractivity contribution in [2.45, 2.75) is 32.7 Å². The normalized spacial score (nSPS) is 12.9. The molecule has 0 aliphatic carbocycles. The van der Waals surface area contributed by atoms with Gasteiger partial charge in [-0.3, -0.25) is 4.79 Å². The third kappa shape index (κ3) is 7.65. The van der Waals surface area contributed by atoms with Gasteiger partial charge in [0.25, 0.3) is 0 Å². The summed E-state index contributed by atoms with van der Waals surface area (Å²) in [5.41, 5.74) is 0. The quantitative estimate of drug-likeness (QED) is 0.668. The van der Waals surface area contributed by atoms with E-state index >= 15 is 0 Å². The lowest BCUT2D eigenvalue weighted by molar-refractivity contribution is -0.129. The summed E-state index contributed by atoms with van der Waals surface area (Å²) in [6, 6.07) is 0.416. The van der Waals surface area contributed by atoms with Crippen LogP contribution in [0.25, 0.3) is 0 Å². The minimum absolute atomic E-state index is 0.180. The van der Waals surface area contributed by atoms with Crippen molar-refractivity contribution in [1.82, 2.24) is 15.1 Å². The topological polar surface area (TPSA) is 35.6 Å². The lowest BCUT2D eigenvalue weighted by Crippen LogP contribution is -2.39. The number of nitrogens with zero attached hydrogens (tertiary/aromatic N) is 2. The molecule has 0 aromatic rings. The molecular formula is C12H27N3O. The molecule has 0 spiro atoms. The van der Waals surface area contributed by atoms with Crippen molar-refractivity contribution in [1.29, 1.82) is 0 Å². The Hall–Kier alpha value is -0.610. The maximum absolute atomic E-state index is 11.7. The average Bonchev–Trinajstić information content (AvgIpc) is 2.24. The number of likely N-dealkylation sites (N-methyl/N-ethyl adjacent to an activating group) is 1. The van der Waals surface area contributed by atoms with E-state index in [1.54, 1.807) is 4.90 Å². The highest BCUT2D eigenvalue weighted by Crippen LogP contribution is 1.92. The Bertz CT molecular complexity index is 195. The fraction of sp³-hybridized carbons (Fsp3) is 0.917. The van der Waals surface area contributed by atoms with Crippen molar-refractivity contribution >= 4 is 5.91 Å². The highest BCUT2D eigenvalue weighted by Gasteiger charge is 2.09. The molecule has 0 aromatic heterocycles. The molecule has 0 heterocycles. The summed E-state index contributed by atoms with van der Waals surface area (Å²) in [7, 11) is 5.97. The summed E-state index contributed by atoms with van der Waals surface area (Å²) < 4.78 is 0. The second-order valence-corrected chi connectivity index (χ2v) is 4.66. The maximum Gasteiger partial charge on any atom is 0.236 e. The monoisotopic (exact) mass is 229 g/mol. The smallest absolute Gasteiger partial charge is 0.236 e. The molecule has 16 heavy (non-hydrogen) atoms. The molecule has 1 atom stereocenters. The van der Waals surface area contributed by atoms with Gasteiger partial charge in [-0.15, -0.1) is 0 Å². The van der Waals surface area contributed by atoms with Gasteiger partial charge in [0, 0.05) is 19.6 Å². The van der Waals surface area contributed by atoms with Gasteiger partial charge in [-0.1, -0.05) is 6.92 Å². The molecule has 4 heteroatoms. The number of hydrogen-bond donors (Lipinski definition) is 1. The van der Waals surface area contributed by atoms with Crippen molar-refractivity contribution < 1.29 is 4.79 Å². The van der Waals surface area contributed by atoms with Crippen LogP contribution in [0.1, 0.15) is 26.7 Å². The standard InChI is InChI=1S/C12H27N3O/c1-6-11(2)13-10-12(16)15(5)9-7-8-14(3)4/h11,13H,6-10H2,1-5H3. The van der Waals surface area contributed by atoms with Crippen molar-refractivity contribution in [2.75, 3.05) is 40.8 Å². The van der Waals surface area contributed by atoms with Gasteiger partial charge in [-0.05, 0) is 40.4 Å². The van der Waals surface area contributed by atoms with E-state index in [0.717, 1.165) is 25.9 Å². The second kappa shape index (κ2) is 8.53. The minimum Gasteiger partial charge on any atom is -0.345 e. The van der Waals surface area contributed by atoms with Crippen molar-refractivity contribution in [3.8, 4) is 0 Å². The molecule has 96 valence electrons. The molecule has 0 fully saturated rings. The van der Waals surface area contributed by atoms with Crippen LogP contribution in [0.5, 0.6) is 0 Å². The number of rotatable bonds is 8. The Morgan fingerprint density at radius 3 is 2.38 bits per heavy atom. The van der Waals surface area contributed by atoms with Crippen LogP contribution in [-0.2, 0) is 4.79 Å². The fourth-order valence-electron chi connectivity index (χ4n) is 1.29. The molecule has 1 unspecified atom stereocenters. The summed E-state index contributed by atoms with van der Waals surface area (Å²) in [4.78, 5) is 15.6. The summed E-state index contributed by atoms with van der Waals surface area (Å²) in [5.74, 6) is 0.180. The van der Waals surface area contributed by atoms with Crippen molar-refractivity contribution in [2.24, 2.45) is 0 Å². The van der Waals surface area contributed by atoms with Gasteiger partial charge in [-0.25, -0.2) is 0 Å². The molecule has 0 radical (unpaired) electrons. The van der Waals surface area contributed by atoms with E-state index in [-0.39, 0.29) is 5.91 Å². The van der Waals surface area contributed by atoms with Gasteiger partial charge >= 0.3 is 0 Å². The van der Waals surface area contributed by atoms with E-state index in [4.69, 9.17) is 0 Å². The lowest BCUT2D eigenvalue weighted by atomic mass is 10.2. The first-order valence-corrected chi connectivity index (χ1v) is 6.09. The van der Waals surface area contributed by atoms with Crippen LogP contribution in [0.4, 0.5) is 0 Å². The second-order valence-electron chi connectivity index (χ2n) is 4.66. The molecule has 0 saturated carbocycles. The molecule has 0 rings (SSSR count). The number of carbonyl (C=O) groups is 1. The molecule has 0 aromatic carbocycles. The van der Waals surface area contributed by atoms with E-state index in [2.05, 4.69) is 24.1 Å². The largest absolute Gasteiger partial charge is 0.345 e. The van der Waals surface area contributed by atoms with Gasteiger partial charge in [0.15, 0.2) is 0 Å². The fourth-order valence-corrected chi connectivity index (χ4v) is 1.29. The Labute approximate surface area is 100.0 Å². The first kappa shape index (κ1) is 15.4. The highest BCUT2D eigenvalue weighted by atomic mass is 16.2. The Morgan fingerprint density at radius 2 is 1.88 bits per heavy atom. The Kier molecular flexibility index (Phi) is 8.21. The van der Waals surface area contributed by atoms with Gasteiger partial charge in [-0.2, -0.15) is 0 Å².